The van der Waals surface area contributed by atoms with Gasteiger partial charge in [0.1, 0.15) is 10.7 Å². The number of nitrogens with zero attached hydrogens (tertiary/aromatic N) is 3. The molecular weight excluding hydrogens is 448 g/mol. The van der Waals surface area contributed by atoms with E-state index in [4.69, 9.17) is 4.74 Å². The van der Waals surface area contributed by atoms with E-state index in [9.17, 15) is 14.4 Å². The third-order valence-electron chi connectivity index (χ3n) is 5.51. The van der Waals surface area contributed by atoms with E-state index in [1.54, 1.807) is 4.90 Å². The first-order chi connectivity index (χ1) is 15.2. The van der Waals surface area contributed by atoms with Gasteiger partial charge in [0.15, 0.2) is 0 Å². The highest BCUT2D eigenvalue weighted by Gasteiger charge is 2.26. The van der Waals surface area contributed by atoms with Gasteiger partial charge in [0.25, 0.3) is 5.56 Å². The van der Waals surface area contributed by atoms with Crippen molar-refractivity contribution in [2.45, 2.75) is 52.0 Å². The first kappa shape index (κ1) is 24.6. The number of H-pyrrole nitrogens is 1. The van der Waals surface area contributed by atoms with E-state index in [-0.39, 0.29) is 22.8 Å². The fourth-order valence-electron chi connectivity index (χ4n) is 3.55. The molecule has 1 saturated heterocycles. The summed E-state index contributed by atoms with van der Waals surface area (Å²) in [7, 11) is 0. The van der Waals surface area contributed by atoms with Gasteiger partial charge in [-0.25, -0.2) is 9.78 Å². The lowest BCUT2D eigenvalue weighted by atomic mass is 10.2. The maximum atomic E-state index is 13.0. The molecule has 1 aliphatic heterocycles. The van der Waals surface area contributed by atoms with Crippen LogP contribution < -0.4 is 5.56 Å². The second kappa shape index (κ2) is 10.7. The molecule has 2 aromatic rings. The number of ether oxygens (including phenoxy) is 1. The van der Waals surface area contributed by atoms with Crippen LogP contribution in [-0.4, -0.2) is 69.8 Å². The summed E-state index contributed by atoms with van der Waals surface area (Å²) >= 11 is 2.98. The number of aromatic amines is 1. The van der Waals surface area contributed by atoms with Crippen molar-refractivity contribution in [1.29, 1.82) is 0 Å². The Hall–Kier alpha value is -2.07. The zero-order valence-electron chi connectivity index (χ0n) is 19.4. The van der Waals surface area contributed by atoms with Crippen LogP contribution in [0.1, 0.15) is 43.5 Å². The number of fused-ring (bicyclic) bond motifs is 1. The number of hydrogen-bond acceptors (Lipinski definition) is 7. The largest absolute Gasteiger partial charge is 0.449 e. The number of thioether (sulfide) groups is 1. The number of carbonyl (C=O) groups excluding carboxylic acids is 2. The maximum Gasteiger partial charge on any atom is 0.409 e. The summed E-state index contributed by atoms with van der Waals surface area (Å²) in [5.74, 6) is 1.37. The topological polar surface area (TPSA) is 95.6 Å². The summed E-state index contributed by atoms with van der Waals surface area (Å²) < 4.78 is 5.32. The molecule has 2 aromatic heterocycles. The molecule has 3 rings (SSSR count). The van der Waals surface area contributed by atoms with E-state index < -0.39 is 0 Å². The fraction of sp³-hybridized carbons (Fsp3) is 0.636. The Bertz CT molecular complexity index is 1030. The summed E-state index contributed by atoms with van der Waals surface area (Å²) in [5, 5.41) is 0.383. The molecule has 1 unspecified atom stereocenters. The molecule has 10 heteroatoms. The normalized spacial score (nSPS) is 15.8. The lowest BCUT2D eigenvalue weighted by Crippen LogP contribution is -2.40. The van der Waals surface area contributed by atoms with Gasteiger partial charge in [-0.15, -0.1) is 23.1 Å². The predicted octanol–water partition coefficient (Wildman–Crippen LogP) is 3.55. The first-order valence-electron chi connectivity index (χ1n) is 11.0. The van der Waals surface area contributed by atoms with Crippen LogP contribution in [0.15, 0.2) is 4.79 Å². The van der Waals surface area contributed by atoms with Crippen molar-refractivity contribution in [3.05, 3.63) is 26.6 Å². The van der Waals surface area contributed by atoms with Gasteiger partial charge in [0, 0.05) is 31.1 Å². The predicted molar refractivity (Wildman–Crippen MR) is 129 cm³/mol. The van der Waals surface area contributed by atoms with E-state index in [0.717, 1.165) is 21.7 Å². The number of nitrogens with one attached hydrogen (secondary N) is 1. The molecule has 0 spiro atoms. The summed E-state index contributed by atoms with van der Waals surface area (Å²) in [6.07, 6.45) is 0.419. The highest BCUT2D eigenvalue weighted by Crippen LogP contribution is 2.26. The SMILES string of the molecule is Cc1sc2nc(CSC(C)C(=O)N3CCCN(C(=O)OCC(C)C)CC3)[nH]c(=O)c2c1C. The maximum absolute atomic E-state index is 13.0. The molecule has 1 N–H and O–H groups in total. The Morgan fingerprint density at radius 2 is 1.84 bits per heavy atom. The fourth-order valence-corrected chi connectivity index (χ4v) is 5.43. The highest BCUT2D eigenvalue weighted by molar-refractivity contribution is 7.99. The summed E-state index contributed by atoms with van der Waals surface area (Å²) in [6.45, 7) is 12.4. The second-order valence-electron chi connectivity index (χ2n) is 8.57. The lowest BCUT2D eigenvalue weighted by molar-refractivity contribution is -0.130. The van der Waals surface area contributed by atoms with Crippen molar-refractivity contribution in [2.24, 2.45) is 5.92 Å². The van der Waals surface area contributed by atoms with Crippen LogP contribution in [0, 0.1) is 19.8 Å². The van der Waals surface area contributed by atoms with Crippen LogP contribution in [0.25, 0.3) is 10.2 Å². The van der Waals surface area contributed by atoms with E-state index in [1.165, 1.54) is 23.1 Å². The van der Waals surface area contributed by atoms with Gasteiger partial charge in [-0.05, 0) is 38.7 Å². The van der Waals surface area contributed by atoms with Crippen molar-refractivity contribution >= 4 is 45.3 Å². The zero-order chi connectivity index (χ0) is 23.4. The zero-order valence-corrected chi connectivity index (χ0v) is 21.0. The summed E-state index contributed by atoms with van der Waals surface area (Å²) in [6, 6.07) is 0. The number of carbonyl (C=O) groups is 2. The third-order valence-corrected chi connectivity index (χ3v) is 7.75. The number of hydrogen-bond donors (Lipinski definition) is 1. The van der Waals surface area contributed by atoms with Gasteiger partial charge in [-0.3, -0.25) is 9.59 Å². The Morgan fingerprint density at radius 3 is 2.56 bits per heavy atom. The van der Waals surface area contributed by atoms with Gasteiger partial charge >= 0.3 is 6.09 Å². The molecule has 0 aliphatic carbocycles. The molecule has 0 saturated carbocycles. The van der Waals surface area contributed by atoms with Crippen molar-refractivity contribution in [2.75, 3.05) is 32.8 Å². The van der Waals surface area contributed by atoms with Crippen LogP contribution in [0.2, 0.25) is 0 Å². The van der Waals surface area contributed by atoms with Crippen LogP contribution in [0.5, 0.6) is 0 Å². The average Bonchev–Trinajstić information content (AvgIpc) is 2.92. The minimum Gasteiger partial charge on any atom is -0.449 e. The number of aryl methyl sites for hydroxylation is 2. The molecule has 0 bridgehead atoms. The van der Waals surface area contributed by atoms with E-state index in [2.05, 4.69) is 9.97 Å². The quantitative estimate of drug-likeness (QED) is 0.679. The Balaban J connectivity index is 1.55. The van der Waals surface area contributed by atoms with Crippen molar-refractivity contribution in [3.63, 3.8) is 0 Å². The van der Waals surface area contributed by atoms with E-state index in [0.29, 0.717) is 55.7 Å². The number of amides is 2. The number of aromatic nitrogens is 2. The molecular formula is C22H32N4O4S2. The molecule has 1 atom stereocenters. The molecule has 0 aromatic carbocycles. The van der Waals surface area contributed by atoms with Gasteiger partial charge in [0.05, 0.1) is 23.0 Å². The Kier molecular flexibility index (Phi) is 8.21. The summed E-state index contributed by atoms with van der Waals surface area (Å²) in [4.78, 5) is 50.4. The minimum atomic E-state index is -0.306. The van der Waals surface area contributed by atoms with Crippen molar-refractivity contribution in [3.8, 4) is 0 Å². The molecule has 3 heterocycles. The van der Waals surface area contributed by atoms with Crippen LogP contribution >= 0.6 is 23.1 Å². The molecule has 1 aliphatic rings. The van der Waals surface area contributed by atoms with Gasteiger partial charge in [-0.2, -0.15) is 0 Å². The van der Waals surface area contributed by atoms with Crippen molar-refractivity contribution in [1.82, 2.24) is 19.8 Å². The molecule has 0 radical (unpaired) electrons. The van der Waals surface area contributed by atoms with Gasteiger partial charge < -0.3 is 19.5 Å². The van der Waals surface area contributed by atoms with Crippen LogP contribution in [0.3, 0.4) is 0 Å². The molecule has 32 heavy (non-hydrogen) atoms. The van der Waals surface area contributed by atoms with Gasteiger partial charge in [0.2, 0.25) is 5.91 Å². The molecule has 8 nitrogen and oxygen atoms in total. The van der Waals surface area contributed by atoms with E-state index in [1.807, 2.05) is 39.5 Å². The summed E-state index contributed by atoms with van der Waals surface area (Å²) in [5.41, 5.74) is 0.855. The van der Waals surface area contributed by atoms with Crippen molar-refractivity contribution < 1.29 is 14.3 Å². The smallest absolute Gasteiger partial charge is 0.409 e. The Labute approximate surface area is 196 Å². The standard InChI is InChI=1S/C22H32N4O4S2/c1-13(2)11-30-22(29)26-8-6-7-25(9-10-26)21(28)16(5)31-12-17-23-19(27)18-14(3)15(4)32-20(18)24-17/h13,16H,6-12H2,1-5H3,(H,23,24,27). The average molecular weight is 481 g/mol. The second-order valence-corrected chi connectivity index (χ2v) is 11.1. The molecule has 2 amide bonds. The number of rotatable bonds is 6. The van der Waals surface area contributed by atoms with Gasteiger partial charge in [-0.1, -0.05) is 13.8 Å². The van der Waals surface area contributed by atoms with Crippen LogP contribution in [0.4, 0.5) is 4.79 Å². The van der Waals surface area contributed by atoms with E-state index >= 15 is 0 Å². The first-order valence-corrected chi connectivity index (χ1v) is 12.8. The third kappa shape index (κ3) is 5.83. The van der Waals surface area contributed by atoms with Crippen LogP contribution in [-0.2, 0) is 15.3 Å². The molecule has 176 valence electrons. The number of thiophene rings is 1. The highest BCUT2D eigenvalue weighted by atomic mass is 32.2. The minimum absolute atomic E-state index is 0.0404. The monoisotopic (exact) mass is 480 g/mol. The lowest BCUT2D eigenvalue weighted by Gasteiger charge is -2.24. The molecule has 1 fully saturated rings. The Morgan fingerprint density at radius 1 is 1.16 bits per heavy atom.